The molecule has 0 aromatic carbocycles. The Balaban J connectivity index is 1.63. The van der Waals surface area contributed by atoms with Crippen LogP contribution in [0.15, 0.2) is 0 Å². The largest absolute Gasteiger partial charge is 0.314 e. The van der Waals surface area contributed by atoms with E-state index in [-0.39, 0.29) is 0 Å². The number of hydrogen-bond acceptors (Lipinski definition) is 3. The third-order valence-corrected chi connectivity index (χ3v) is 4.09. The van der Waals surface area contributed by atoms with Gasteiger partial charge in [-0.25, -0.2) is 0 Å². The van der Waals surface area contributed by atoms with E-state index in [9.17, 15) is 0 Å². The minimum absolute atomic E-state index is 0.768. The van der Waals surface area contributed by atoms with Gasteiger partial charge in [-0.1, -0.05) is 6.42 Å². The first-order valence-electron chi connectivity index (χ1n) is 7.03. The molecule has 0 aromatic rings. The number of rotatable bonds is 4. The topological polar surface area (TPSA) is 18.5 Å². The lowest BCUT2D eigenvalue weighted by atomic mass is 10.1. The van der Waals surface area contributed by atoms with Crippen LogP contribution in [0.5, 0.6) is 0 Å². The predicted octanol–water partition coefficient (Wildman–Crippen LogP) is 1.16. The SMILES string of the molecule is CC(CCN1CCCCC1)N1CCNCC1. The van der Waals surface area contributed by atoms with Gasteiger partial charge in [-0.15, -0.1) is 0 Å². The molecular formula is C13H27N3. The normalized spacial score (nSPS) is 26.8. The van der Waals surface area contributed by atoms with Crippen molar-refractivity contribution < 1.29 is 0 Å². The molecule has 0 aliphatic carbocycles. The average molecular weight is 225 g/mol. The van der Waals surface area contributed by atoms with Crippen LogP contribution in [0, 0.1) is 0 Å². The Labute approximate surface area is 100 Å². The number of piperazine rings is 1. The molecule has 1 N–H and O–H groups in total. The lowest BCUT2D eigenvalue weighted by molar-refractivity contribution is 0.149. The van der Waals surface area contributed by atoms with E-state index in [0.29, 0.717) is 0 Å². The van der Waals surface area contributed by atoms with Crippen molar-refractivity contribution in [3.8, 4) is 0 Å². The highest BCUT2D eigenvalue weighted by molar-refractivity contribution is 4.75. The smallest absolute Gasteiger partial charge is 0.0110 e. The van der Waals surface area contributed by atoms with Crippen molar-refractivity contribution in [1.82, 2.24) is 15.1 Å². The number of nitrogens with one attached hydrogen (secondary N) is 1. The molecule has 0 bridgehead atoms. The minimum atomic E-state index is 0.768. The molecule has 1 atom stereocenters. The van der Waals surface area contributed by atoms with Crippen LogP contribution < -0.4 is 5.32 Å². The third-order valence-electron chi connectivity index (χ3n) is 4.09. The van der Waals surface area contributed by atoms with E-state index in [2.05, 4.69) is 22.0 Å². The predicted molar refractivity (Wildman–Crippen MR) is 68.8 cm³/mol. The Bertz CT molecular complexity index is 184. The van der Waals surface area contributed by atoms with Gasteiger partial charge < -0.3 is 10.2 Å². The summed E-state index contributed by atoms with van der Waals surface area (Å²) in [6.07, 6.45) is 5.63. The van der Waals surface area contributed by atoms with Crippen molar-refractivity contribution in [2.75, 3.05) is 45.8 Å². The van der Waals surface area contributed by atoms with Crippen LogP contribution in [0.3, 0.4) is 0 Å². The second-order valence-corrected chi connectivity index (χ2v) is 5.33. The van der Waals surface area contributed by atoms with Crippen LogP contribution >= 0.6 is 0 Å². The molecule has 2 aliphatic rings. The quantitative estimate of drug-likeness (QED) is 0.774. The van der Waals surface area contributed by atoms with Crippen LogP contribution in [0.1, 0.15) is 32.6 Å². The molecule has 0 aromatic heterocycles. The summed E-state index contributed by atoms with van der Waals surface area (Å²) >= 11 is 0. The first kappa shape index (κ1) is 12.3. The fourth-order valence-electron chi connectivity index (χ4n) is 2.86. The van der Waals surface area contributed by atoms with Crippen molar-refractivity contribution >= 4 is 0 Å². The van der Waals surface area contributed by atoms with E-state index >= 15 is 0 Å². The highest BCUT2D eigenvalue weighted by atomic mass is 15.2. The summed E-state index contributed by atoms with van der Waals surface area (Å²) in [5.41, 5.74) is 0. The summed E-state index contributed by atoms with van der Waals surface area (Å²) in [5.74, 6) is 0. The molecule has 2 saturated heterocycles. The van der Waals surface area contributed by atoms with Crippen molar-refractivity contribution in [1.29, 1.82) is 0 Å². The van der Waals surface area contributed by atoms with E-state index in [0.717, 1.165) is 6.04 Å². The number of nitrogens with zero attached hydrogens (tertiary/aromatic N) is 2. The zero-order valence-corrected chi connectivity index (χ0v) is 10.7. The van der Waals surface area contributed by atoms with Gasteiger partial charge in [-0.3, -0.25) is 4.90 Å². The van der Waals surface area contributed by atoms with Crippen molar-refractivity contribution in [3.05, 3.63) is 0 Å². The maximum absolute atomic E-state index is 3.42. The molecule has 3 nitrogen and oxygen atoms in total. The molecular weight excluding hydrogens is 198 g/mol. The van der Waals surface area contributed by atoms with Gasteiger partial charge in [0.15, 0.2) is 0 Å². The highest BCUT2D eigenvalue weighted by Gasteiger charge is 2.17. The van der Waals surface area contributed by atoms with Gasteiger partial charge in [0, 0.05) is 32.2 Å². The molecule has 2 fully saturated rings. The monoisotopic (exact) mass is 225 g/mol. The summed E-state index contributed by atoms with van der Waals surface area (Å²) in [6.45, 7) is 11.2. The van der Waals surface area contributed by atoms with E-state index in [1.165, 1.54) is 71.5 Å². The van der Waals surface area contributed by atoms with E-state index in [1.54, 1.807) is 0 Å². The Kier molecular flexibility index (Phi) is 5.07. The summed E-state index contributed by atoms with van der Waals surface area (Å²) in [6, 6.07) is 0.768. The summed E-state index contributed by atoms with van der Waals surface area (Å²) in [4.78, 5) is 5.29. The molecule has 0 radical (unpaired) electrons. The Morgan fingerprint density at radius 2 is 1.69 bits per heavy atom. The molecule has 3 heteroatoms. The van der Waals surface area contributed by atoms with Gasteiger partial charge in [0.2, 0.25) is 0 Å². The molecule has 16 heavy (non-hydrogen) atoms. The number of hydrogen-bond donors (Lipinski definition) is 1. The van der Waals surface area contributed by atoms with Crippen LogP contribution in [-0.2, 0) is 0 Å². The second-order valence-electron chi connectivity index (χ2n) is 5.33. The minimum Gasteiger partial charge on any atom is -0.314 e. The van der Waals surface area contributed by atoms with Crippen LogP contribution in [-0.4, -0.2) is 61.7 Å². The van der Waals surface area contributed by atoms with Gasteiger partial charge in [0.1, 0.15) is 0 Å². The lowest BCUT2D eigenvalue weighted by Crippen LogP contribution is -2.48. The van der Waals surface area contributed by atoms with E-state index < -0.39 is 0 Å². The van der Waals surface area contributed by atoms with E-state index in [1.807, 2.05) is 0 Å². The average Bonchev–Trinajstić information content (AvgIpc) is 2.38. The standard InChI is InChI=1S/C13H27N3/c1-13(16-11-6-14-7-12-16)5-10-15-8-3-2-4-9-15/h13-14H,2-12H2,1H3. The zero-order chi connectivity index (χ0) is 11.2. The van der Waals surface area contributed by atoms with Gasteiger partial charge in [-0.2, -0.15) is 0 Å². The molecule has 2 rings (SSSR count). The van der Waals surface area contributed by atoms with Gasteiger partial charge >= 0.3 is 0 Å². The van der Waals surface area contributed by atoms with Crippen LogP contribution in [0.4, 0.5) is 0 Å². The fraction of sp³-hybridized carbons (Fsp3) is 1.00. The molecule has 2 aliphatic heterocycles. The maximum atomic E-state index is 3.42. The Morgan fingerprint density at radius 3 is 2.38 bits per heavy atom. The van der Waals surface area contributed by atoms with Crippen LogP contribution in [0.25, 0.3) is 0 Å². The second kappa shape index (κ2) is 6.58. The molecule has 0 amide bonds. The van der Waals surface area contributed by atoms with Crippen LogP contribution in [0.2, 0.25) is 0 Å². The van der Waals surface area contributed by atoms with Crippen molar-refractivity contribution in [3.63, 3.8) is 0 Å². The molecule has 2 heterocycles. The summed E-state index contributed by atoms with van der Waals surface area (Å²) in [7, 11) is 0. The van der Waals surface area contributed by atoms with Crippen molar-refractivity contribution in [2.45, 2.75) is 38.6 Å². The summed E-state index contributed by atoms with van der Waals surface area (Å²) < 4.78 is 0. The molecule has 0 saturated carbocycles. The van der Waals surface area contributed by atoms with Gasteiger partial charge in [-0.05, 0) is 45.8 Å². The first-order valence-corrected chi connectivity index (χ1v) is 7.03. The first-order chi connectivity index (χ1) is 7.86. The Hall–Kier alpha value is -0.120. The lowest BCUT2D eigenvalue weighted by Gasteiger charge is -2.34. The highest BCUT2D eigenvalue weighted by Crippen LogP contribution is 2.11. The third kappa shape index (κ3) is 3.72. The molecule has 1 unspecified atom stereocenters. The maximum Gasteiger partial charge on any atom is 0.0110 e. The van der Waals surface area contributed by atoms with Gasteiger partial charge in [0.25, 0.3) is 0 Å². The summed E-state index contributed by atoms with van der Waals surface area (Å²) in [5, 5.41) is 3.42. The van der Waals surface area contributed by atoms with Crippen molar-refractivity contribution in [2.24, 2.45) is 0 Å². The number of likely N-dealkylation sites (tertiary alicyclic amines) is 1. The fourth-order valence-corrected chi connectivity index (χ4v) is 2.86. The van der Waals surface area contributed by atoms with E-state index in [4.69, 9.17) is 0 Å². The Morgan fingerprint density at radius 1 is 1.00 bits per heavy atom. The molecule has 0 spiro atoms. The number of piperidine rings is 1. The van der Waals surface area contributed by atoms with Gasteiger partial charge in [0.05, 0.1) is 0 Å². The zero-order valence-electron chi connectivity index (χ0n) is 10.7. The molecule has 94 valence electrons.